The maximum Gasteiger partial charge on any atom is 0 e. The average molecular weight is 210 g/mol. The molecule has 0 fully saturated rings. The third kappa shape index (κ3) is 20.9. The van der Waals surface area contributed by atoms with Gasteiger partial charge in [0.15, 0.2) is 0 Å². The van der Waals surface area contributed by atoms with Crippen LogP contribution in [-0.2, 0) is 58.3 Å². The van der Waals surface area contributed by atoms with Gasteiger partial charge in [-0.25, -0.2) is 0 Å². The monoisotopic (exact) mass is 210 g/mol. The van der Waals surface area contributed by atoms with Gasteiger partial charge in [-0.3, -0.25) is 0 Å². The molecule has 0 spiro atoms. The fraction of sp³-hybridized carbons (Fsp3) is 0. The molecule has 1 radical (unpaired) electrons. The van der Waals surface area contributed by atoms with Crippen molar-refractivity contribution >= 4 is 29.6 Å². The molecule has 0 rings (SSSR count). The van der Waals surface area contributed by atoms with Gasteiger partial charge in [0, 0.05) is 38.8 Å². The third-order valence-electron chi connectivity index (χ3n) is 0. The van der Waals surface area contributed by atoms with E-state index < -0.39 is 0 Å². The van der Waals surface area contributed by atoms with Gasteiger partial charge in [0.2, 0.25) is 0 Å². The normalized spacial score (nSPS) is 1.00. The van der Waals surface area contributed by atoms with Gasteiger partial charge < -0.3 is 0 Å². The Bertz CT molecular complexity index is 11.6. The summed E-state index contributed by atoms with van der Waals surface area (Å²) in [6, 6.07) is 0. The van der Waals surface area contributed by atoms with Gasteiger partial charge in [-0.1, -0.05) is 0 Å². The Kier molecular flexibility index (Phi) is 160. The Morgan fingerprint density at radius 2 is 1.20 bits per heavy atom. The van der Waals surface area contributed by atoms with E-state index in [4.69, 9.17) is 3.87 Å². The van der Waals surface area contributed by atoms with Crippen LogP contribution in [0.25, 0.3) is 0 Å². The maximum absolute atomic E-state index is 7.94. The molecule has 0 aromatic heterocycles. The van der Waals surface area contributed by atoms with Crippen molar-refractivity contribution in [2.24, 2.45) is 0 Å². The van der Waals surface area contributed by atoms with Gasteiger partial charge in [0.05, 0.1) is 0 Å². The molecular formula is HCoCuNaOTi. The summed E-state index contributed by atoms with van der Waals surface area (Å²) >= 11 is 2.31. The molecule has 0 saturated heterocycles. The minimum atomic E-state index is 0. The van der Waals surface area contributed by atoms with Crippen LogP contribution in [0.2, 0.25) is 0 Å². The molecule has 0 bridgehead atoms. The molecule has 1 nitrogen and oxygen atoms in total. The Balaban J connectivity index is -0.00000000167. The van der Waals surface area contributed by atoms with Crippen LogP contribution in [0.1, 0.15) is 0 Å². The van der Waals surface area contributed by atoms with Gasteiger partial charge in [-0.05, 0) is 0 Å². The first kappa shape index (κ1) is 25.7. The zero-order valence-electron chi connectivity index (χ0n) is 1.54. The van der Waals surface area contributed by atoms with Crippen LogP contribution in [0.5, 0.6) is 0 Å². The number of hydrogen-bond donors (Lipinski definition) is 0. The van der Waals surface area contributed by atoms with E-state index in [1.807, 2.05) is 0 Å². The Hall–Kier alpha value is 2.54. The SMILES string of the molecule is [Cu].[NaH].[O]=[Co].[Ti]. The first-order valence-corrected chi connectivity index (χ1v) is 0.561. The summed E-state index contributed by atoms with van der Waals surface area (Å²) in [5.74, 6) is 0. The molecule has 0 atom stereocenters. The number of hydrogen-bond acceptors (Lipinski definition) is 1. The second-order valence-corrected chi connectivity index (χ2v) is 0. The summed E-state index contributed by atoms with van der Waals surface area (Å²) < 4.78 is 7.94. The van der Waals surface area contributed by atoms with E-state index in [1.165, 1.54) is 0 Å². The van der Waals surface area contributed by atoms with Crippen molar-refractivity contribution in [2.45, 2.75) is 0 Å². The average Bonchev–Trinajstić information content (AvgIpc) is 1.00. The molecule has 0 aliphatic carbocycles. The molecule has 0 heterocycles. The second-order valence-electron chi connectivity index (χ2n) is 0. The fourth-order valence-corrected chi connectivity index (χ4v) is 0. The van der Waals surface area contributed by atoms with Crippen LogP contribution in [0.3, 0.4) is 0 Å². The summed E-state index contributed by atoms with van der Waals surface area (Å²) in [5, 5.41) is 0. The van der Waals surface area contributed by atoms with Crippen molar-refractivity contribution in [1.82, 2.24) is 0 Å². The van der Waals surface area contributed by atoms with Crippen molar-refractivity contribution in [1.29, 1.82) is 0 Å². The molecule has 0 aromatic carbocycles. The molecule has 0 saturated carbocycles. The molecule has 5 heteroatoms. The smallest absolute Gasteiger partial charge is 0 e. The summed E-state index contributed by atoms with van der Waals surface area (Å²) in [6.45, 7) is 0. The van der Waals surface area contributed by atoms with E-state index in [9.17, 15) is 0 Å². The van der Waals surface area contributed by atoms with E-state index in [2.05, 4.69) is 15.7 Å². The van der Waals surface area contributed by atoms with Crippen molar-refractivity contribution in [3.05, 3.63) is 0 Å². The summed E-state index contributed by atoms with van der Waals surface area (Å²) in [7, 11) is 0. The maximum atomic E-state index is 7.94. The third-order valence-corrected chi connectivity index (χ3v) is 0. The Labute approximate surface area is 86.5 Å². The van der Waals surface area contributed by atoms with Crippen LogP contribution < -0.4 is 0 Å². The van der Waals surface area contributed by atoms with Crippen molar-refractivity contribution in [3.63, 3.8) is 0 Å². The van der Waals surface area contributed by atoms with Crippen LogP contribution in [0, 0.1) is 0 Å². The molecule has 0 aliphatic rings. The minimum absolute atomic E-state index is 0. The Morgan fingerprint density at radius 3 is 1.20 bits per heavy atom. The predicted octanol–water partition coefficient (Wildman–Crippen LogP) is -0.775. The quantitative estimate of drug-likeness (QED) is 0.480. The zero-order chi connectivity index (χ0) is 2.00. The van der Waals surface area contributed by atoms with Crippen molar-refractivity contribution < 1.29 is 58.3 Å². The topological polar surface area (TPSA) is 17.1 Å². The molecule has 0 aliphatic heterocycles. The van der Waals surface area contributed by atoms with Gasteiger partial charge in [0.25, 0.3) is 0 Å². The molecule has 5 heavy (non-hydrogen) atoms. The van der Waals surface area contributed by atoms with Crippen LogP contribution in [0.4, 0.5) is 0 Å². The van der Waals surface area contributed by atoms with Crippen LogP contribution >= 0.6 is 0 Å². The van der Waals surface area contributed by atoms with E-state index in [1.54, 1.807) is 0 Å². The first-order valence-electron chi connectivity index (χ1n) is 0.136. The van der Waals surface area contributed by atoms with E-state index in [0.29, 0.717) is 0 Å². The molecular weight excluding hydrogens is 209 g/mol. The number of rotatable bonds is 0. The summed E-state index contributed by atoms with van der Waals surface area (Å²) in [5.41, 5.74) is 0. The van der Waals surface area contributed by atoms with Gasteiger partial charge in [-0.2, -0.15) is 0 Å². The Morgan fingerprint density at radius 1 is 1.20 bits per heavy atom. The molecule has 0 unspecified atom stereocenters. The van der Waals surface area contributed by atoms with E-state index >= 15 is 0 Å². The summed E-state index contributed by atoms with van der Waals surface area (Å²) in [4.78, 5) is 0. The zero-order valence-corrected chi connectivity index (χ0v) is 5.09. The van der Waals surface area contributed by atoms with Crippen LogP contribution in [-0.4, -0.2) is 29.6 Å². The fourth-order valence-electron chi connectivity index (χ4n) is 0. The van der Waals surface area contributed by atoms with Crippen molar-refractivity contribution in [2.75, 3.05) is 0 Å². The first-order chi connectivity index (χ1) is 1.00. The van der Waals surface area contributed by atoms with Crippen molar-refractivity contribution in [3.8, 4) is 0 Å². The minimum Gasteiger partial charge on any atom is 0 e. The van der Waals surface area contributed by atoms with E-state index in [-0.39, 0.29) is 68.3 Å². The van der Waals surface area contributed by atoms with Gasteiger partial charge in [0.1, 0.15) is 0 Å². The van der Waals surface area contributed by atoms with E-state index in [0.717, 1.165) is 0 Å². The second kappa shape index (κ2) is 31.1. The molecule has 0 N–H and O–H groups in total. The van der Waals surface area contributed by atoms with Crippen LogP contribution in [0.15, 0.2) is 0 Å². The largest absolute Gasteiger partial charge is 0 e. The standard InChI is InChI=1S/Co.Cu.Na.O.Ti.H. The van der Waals surface area contributed by atoms with Gasteiger partial charge in [-0.15, -0.1) is 0 Å². The summed E-state index contributed by atoms with van der Waals surface area (Å²) in [6.07, 6.45) is 0. The van der Waals surface area contributed by atoms with Gasteiger partial charge >= 0.3 is 49.1 Å². The molecule has 32 valence electrons. The molecule has 0 aromatic rings. The molecule has 0 amide bonds. The predicted molar refractivity (Wildman–Crippen MR) is 7.84 cm³/mol.